The summed E-state index contributed by atoms with van der Waals surface area (Å²) in [6, 6.07) is 6.90. The summed E-state index contributed by atoms with van der Waals surface area (Å²) in [5, 5.41) is 0. The molecule has 6 heteroatoms. The Kier molecular flexibility index (Phi) is 5.81. The maximum atomic E-state index is 12.6. The van der Waals surface area contributed by atoms with E-state index in [0.29, 0.717) is 31.1 Å². The predicted octanol–water partition coefficient (Wildman–Crippen LogP) is 2.26. The molecule has 1 fully saturated rings. The van der Waals surface area contributed by atoms with E-state index in [-0.39, 0.29) is 11.8 Å². The minimum atomic E-state index is -3.46. The van der Waals surface area contributed by atoms with Gasteiger partial charge in [0, 0.05) is 32.1 Å². The van der Waals surface area contributed by atoms with Crippen LogP contribution >= 0.6 is 0 Å². The molecule has 1 heterocycles. The summed E-state index contributed by atoms with van der Waals surface area (Å²) >= 11 is 0. The van der Waals surface area contributed by atoms with Gasteiger partial charge in [0.25, 0.3) is 0 Å². The summed E-state index contributed by atoms with van der Waals surface area (Å²) in [5.74, 6) is 0.152. The molecule has 1 atom stereocenters. The Hall–Kier alpha value is -1.40. The van der Waals surface area contributed by atoms with Crippen LogP contribution in [-0.4, -0.2) is 49.7 Å². The monoisotopic (exact) mass is 338 g/mol. The Labute approximate surface area is 139 Å². The number of sulfonamides is 1. The average molecular weight is 338 g/mol. The lowest BCUT2D eigenvalue weighted by Gasteiger charge is -2.35. The van der Waals surface area contributed by atoms with E-state index in [1.807, 2.05) is 13.8 Å². The number of amides is 1. The van der Waals surface area contributed by atoms with E-state index < -0.39 is 10.0 Å². The topological polar surface area (TPSA) is 57.7 Å². The third-order valence-corrected chi connectivity index (χ3v) is 6.27. The van der Waals surface area contributed by atoms with Crippen molar-refractivity contribution in [2.24, 2.45) is 5.92 Å². The smallest absolute Gasteiger partial charge is 0.243 e. The van der Waals surface area contributed by atoms with Gasteiger partial charge in [0.2, 0.25) is 15.9 Å². The lowest BCUT2D eigenvalue weighted by molar-refractivity contribution is -0.136. The van der Waals surface area contributed by atoms with Gasteiger partial charge in [0.1, 0.15) is 0 Å². The van der Waals surface area contributed by atoms with Crippen LogP contribution < -0.4 is 0 Å². The van der Waals surface area contributed by atoms with Crippen LogP contribution in [-0.2, 0) is 14.8 Å². The highest BCUT2D eigenvalue weighted by Gasteiger charge is 2.31. The van der Waals surface area contributed by atoms with Gasteiger partial charge in [-0.05, 0) is 25.5 Å². The molecule has 1 saturated heterocycles. The molecule has 0 saturated carbocycles. The first-order valence-corrected chi connectivity index (χ1v) is 9.66. The molecule has 1 aliphatic rings. The number of carbonyl (C=O) groups excluding carboxylic acids is 1. The average Bonchev–Trinajstić information content (AvgIpc) is 2.55. The summed E-state index contributed by atoms with van der Waals surface area (Å²) in [6.45, 7) is 7.60. The summed E-state index contributed by atoms with van der Waals surface area (Å²) in [4.78, 5) is 14.4. The van der Waals surface area contributed by atoms with E-state index in [0.717, 1.165) is 18.4 Å². The summed E-state index contributed by atoms with van der Waals surface area (Å²) < 4.78 is 26.7. The number of hydrogen-bond acceptors (Lipinski definition) is 3. The van der Waals surface area contributed by atoms with Crippen molar-refractivity contribution in [2.75, 3.05) is 26.2 Å². The second-order valence-electron chi connectivity index (χ2n) is 6.23. The van der Waals surface area contributed by atoms with Gasteiger partial charge in [-0.25, -0.2) is 8.42 Å². The van der Waals surface area contributed by atoms with Crippen molar-refractivity contribution in [3.63, 3.8) is 0 Å². The van der Waals surface area contributed by atoms with Gasteiger partial charge in [0.05, 0.1) is 4.90 Å². The lowest BCUT2D eigenvalue weighted by atomic mass is 10.0. The van der Waals surface area contributed by atoms with Crippen LogP contribution in [0.1, 0.15) is 32.3 Å². The third-order valence-electron chi connectivity index (χ3n) is 4.35. The molecule has 0 aliphatic carbocycles. The van der Waals surface area contributed by atoms with E-state index in [1.165, 1.54) is 4.31 Å². The van der Waals surface area contributed by atoms with Crippen molar-refractivity contribution >= 4 is 15.9 Å². The molecular formula is C17H26N2O3S. The molecule has 1 aromatic carbocycles. The minimum Gasteiger partial charge on any atom is -0.340 e. The first kappa shape index (κ1) is 17.9. The van der Waals surface area contributed by atoms with Crippen LogP contribution in [0.25, 0.3) is 0 Å². The van der Waals surface area contributed by atoms with Gasteiger partial charge in [-0.1, -0.05) is 38.0 Å². The second kappa shape index (κ2) is 7.45. The minimum absolute atomic E-state index is 0.0141. The number of benzene rings is 1. The molecule has 23 heavy (non-hydrogen) atoms. The molecule has 0 aromatic heterocycles. The fourth-order valence-electron chi connectivity index (χ4n) is 2.88. The normalized spacial score (nSPS) is 18.0. The number of carbonyl (C=O) groups is 1. The van der Waals surface area contributed by atoms with Gasteiger partial charge in [0.15, 0.2) is 0 Å². The molecule has 1 aromatic rings. The fraction of sp³-hybridized carbons (Fsp3) is 0.588. The SMILES string of the molecule is CCCC(C)C(=O)N1CCN(S(=O)(=O)c2ccc(C)cc2)CC1. The van der Waals surface area contributed by atoms with E-state index in [1.54, 1.807) is 29.2 Å². The molecule has 0 N–H and O–H groups in total. The Morgan fingerprint density at radius 2 is 1.70 bits per heavy atom. The zero-order valence-electron chi connectivity index (χ0n) is 14.2. The lowest BCUT2D eigenvalue weighted by Crippen LogP contribution is -2.51. The molecule has 0 radical (unpaired) electrons. The van der Waals surface area contributed by atoms with Crippen molar-refractivity contribution in [2.45, 2.75) is 38.5 Å². The van der Waals surface area contributed by atoms with Crippen LogP contribution in [0.2, 0.25) is 0 Å². The van der Waals surface area contributed by atoms with Crippen LogP contribution in [0.4, 0.5) is 0 Å². The van der Waals surface area contributed by atoms with Crippen molar-refractivity contribution in [3.8, 4) is 0 Å². The molecule has 1 amide bonds. The standard InChI is InChI=1S/C17H26N2O3S/c1-4-5-15(3)17(20)18-10-12-19(13-11-18)23(21,22)16-8-6-14(2)7-9-16/h6-9,15H,4-5,10-13H2,1-3H3. The van der Waals surface area contributed by atoms with Gasteiger partial charge in [-0.2, -0.15) is 4.31 Å². The highest BCUT2D eigenvalue weighted by Crippen LogP contribution is 2.19. The first-order chi connectivity index (χ1) is 10.9. The van der Waals surface area contributed by atoms with E-state index in [2.05, 4.69) is 6.92 Å². The van der Waals surface area contributed by atoms with Crippen LogP contribution in [0.5, 0.6) is 0 Å². The summed E-state index contributed by atoms with van der Waals surface area (Å²) in [6.07, 6.45) is 1.86. The highest BCUT2D eigenvalue weighted by molar-refractivity contribution is 7.89. The van der Waals surface area contributed by atoms with Gasteiger partial charge in [-0.15, -0.1) is 0 Å². The van der Waals surface area contributed by atoms with Crippen molar-refractivity contribution in [1.82, 2.24) is 9.21 Å². The Morgan fingerprint density at radius 1 is 1.13 bits per heavy atom. The van der Waals surface area contributed by atoms with E-state index in [9.17, 15) is 13.2 Å². The maximum Gasteiger partial charge on any atom is 0.243 e. The van der Waals surface area contributed by atoms with Gasteiger partial charge < -0.3 is 4.90 Å². The largest absolute Gasteiger partial charge is 0.340 e. The molecule has 1 unspecified atom stereocenters. The molecular weight excluding hydrogens is 312 g/mol. The van der Waals surface area contributed by atoms with Crippen LogP contribution in [0.3, 0.4) is 0 Å². The van der Waals surface area contributed by atoms with E-state index >= 15 is 0 Å². The molecule has 1 aliphatic heterocycles. The number of piperazine rings is 1. The van der Waals surface area contributed by atoms with Gasteiger partial charge >= 0.3 is 0 Å². The zero-order valence-corrected chi connectivity index (χ0v) is 15.0. The van der Waals surface area contributed by atoms with Crippen molar-refractivity contribution < 1.29 is 13.2 Å². The van der Waals surface area contributed by atoms with E-state index in [4.69, 9.17) is 0 Å². The number of nitrogens with zero attached hydrogens (tertiary/aromatic N) is 2. The molecule has 0 spiro atoms. The molecule has 5 nitrogen and oxygen atoms in total. The number of aryl methyl sites for hydroxylation is 1. The zero-order chi connectivity index (χ0) is 17.0. The Bertz CT molecular complexity index is 632. The van der Waals surface area contributed by atoms with Crippen molar-refractivity contribution in [3.05, 3.63) is 29.8 Å². The Balaban J connectivity index is 2.01. The summed E-state index contributed by atoms with van der Waals surface area (Å²) in [7, 11) is -3.46. The second-order valence-corrected chi connectivity index (χ2v) is 8.17. The van der Waals surface area contributed by atoms with Crippen molar-refractivity contribution in [1.29, 1.82) is 0 Å². The molecule has 0 bridgehead atoms. The molecule has 2 rings (SSSR count). The number of rotatable bonds is 5. The quantitative estimate of drug-likeness (QED) is 0.827. The highest BCUT2D eigenvalue weighted by atomic mass is 32.2. The number of hydrogen-bond donors (Lipinski definition) is 0. The predicted molar refractivity (Wildman–Crippen MR) is 90.6 cm³/mol. The van der Waals surface area contributed by atoms with Crippen LogP contribution in [0.15, 0.2) is 29.2 Å². The maximum absolute atomic E-state index is 12.6. The Morgan fingerprint density at radius 3 is 2.22 bits per heavy atom. The molecule has 128 valence electrons. The van der Waals surface area contributed by atoms with Gasteiger partial charge in [-0.3, -0.25) is 4.79 Å². The van der Waals surface area contributed by atoms with Crippen LogP contribution in [0, 0.1) is 12.8 Å². The fourth-order valence-corrected chi connectivity index (χ4v) is 4.30. The summed E-state index contributed by atoms with van der Waals surface area (Å²) in [5.41, 5.74) is 1.03. The first-order valence-electron chi connectivity index (χ1n) is 8.22. The third kappa shape index (κ3) is 4.12.